The maximum Gasteiger partial charge on any atom is 0.118 e. The molecule has 106 valence electrons. The molecule has 2 rings (SSSR count). The van der Waals surface area contributed by atoms with Crippen LogP contribution in [0, 0.1) is 10.5 Å². The number of benzene rings is 2. The fourth-order valence-corrected chi connectivity index (χ4v) is 2.87. The molecule has 0 bridgehead atoms. The van der Waals surface area contributed by atoms with Crippen molar-refractivity contribution in [1.29, 1.82) is 0 Å². The first kappa shape index (κ1) is 15.2. The van der Waals surface area contributed by atoms with Crippen LogP contribution in [0.25, 0.3) is 0 Å². The summed E-state index contributed by atoms with van der Waals surface area (Å²) in [7, 11) is 1.69. The fourth-order valence-electron chi connectivity index (χ4n) is 2.22. The molecule has 0 amide bonds. The molecular formula is C17H20INO. The summed E-state index contributed by atoms with van der Waals surface area (Å²) in [6, 6.07) is 15.1. The third-order valence-electron chi connectivity index (χ3n) is 3.29. The molecule has 0 aromatic heterocycles. The molecule has 1 atom stereocenters. The minimum absolute atomic E-state index is 0.391. The number of ether oxygens (including phenoxy) is 1. The average molecular weight is 381 g/mol. The smallest absolute Gasteiger partial charge is 0.118 e. The van der Waals surface area contributed by atoms with Crippen molar-refractivity contribution in [1.82, 2.24) is 0 Å². The summed E-state index contributed by atoms with van der Waals surface area (Å²) in [4.78, 5) is 0. The summed E-state index contributed by atoms with van der Waals surface area (Å²) < 4.78 is 6.45. The highest BCUT2D eigenvalue weighted by Gasteiger charge is 2.06. The van der Waals surface area contributed by atoms with Crippen LogP contribution in [-0.2, 0) is 6.42 Å². The van der Waals surface area contributed by atoms with Crippen LogP contribution in [-0.4, -0.2) is 13.2 Å². The maximum absolute atomic E-state index is 5.18. The van der Waals surface area contributed by atoms with E-state index in [0.717, 1.165) is 12.2 Å². The lowest BCUT2D eigenvalue weighted by atomic mass is 10.1. The Morgan fingerprint density at radius 1 is 1.15 bits per heavy atom. The quantitative estimate of drug-likeness (QED) is 0.762. The molecule has 2 aromatic carbocycles. The van der Waals surface area contributed by atoms with E-state index < -0.39 is 0 Å². The molecule has 0 heterocycles. The van der Waals surface area contributed by atoms with Gasteiger partial charge in [-0.25, -0.2) is 0 Å². The molecule has 20 heavy (non-hydrogen) atoms. The van der Waals surface area contributed by atoms with Crippen LogP contribution in [0.1, 0.15) is 18.1 Å². The van der Waals surface area contributed by atoms with Crippen molar-refractivity contribution in [2.24, 2.45) is 0 Å². The lowest BCUT2D eigenvalue weighted by Crippen LogP contribution is -2.18. The van der Waals surface area contributed by atoms with Crippen LogP contribution in [0.2, 0.25) is 0 Å². The van der Waals surface area contributed by atoms with Gasteiger partial charge in [0.2, 0.25) is 0 Å². The van der Waals surface area contributed by atoms with Gasteiger partial charge in [0.15, 0.2) is 0 Å². The molecule has 3 heteroatoms. The van der Waals surface area contributed by atoms with Crippen LogP contribution in [0.4, 0.5) is 5.69 Å². The zero-order valence-electron chi connectivity index (χ0n) is 12.1. The van der Waals surface area contributed by atoms with Crippen molar-refractivity contribution in [3.8, 4) is 5.75 Å². The summed E-state index contributed by atoms with van der Waals surface area (Å²) >= 11 is 2.34. The Balaban J connectivity index is 1.99. The number of rotatable bonds is 5. The van der Waals surface area contributed by atoms with Crippen molar-refractivity contribution in [3.63, 3.8) is 0 Å². The Bertz CT molecular complexity index is 566. The van der Waals surface area contributed by atoms with Crippen molar-refractivity contribution in [2.45, 2.75) is 26.3 Å². The number of anilines is 1. The number of aryl methyl sites for hydroxylation is 1. The van der Waals surface area contributed by atoms with Crippen LogP contribution in [0.5, 0.6) is 5.75 Å². The van der Waals surface area contributed by atoms with E-state index in [4.69, 9.17) is 4.74 Å². The van der Waals surface area contributed by atoms with Gasteiger partial charge in [0.25, 0.3) is 0 Å². The van der Waals surface area contributed by atoms with E-state index >= 15 is 0 Å². The summed E-state index contributed by atoms with van der Waals surface area (Å²) in [5.41, 5.74) is 3.82. The van der Waals surface area contributed by atoms with Crippen LogP contribution in [0.3, 0.4) is 0 Å². The maximum atomic E-state index is 5.18. The van der Waals surface area contributed by atoms with E-state index in [9.17, 15) is 0 Å². The molecule has 1 unspecified atom stereocenters. The van der Waals surface area contributed by atoms with Gasteiger partial charge < -0.3 is 10.1 Å². The van der Waals surface area contributed by atoms with Crippen molar-refractivity contribution < 1.29 is 4.74 Å². The van der Waals surface area contributed by atoms with Gasteiger partial charge in [-0.15, -0.1) is 0 Å². The predicted octanol–water partition coefficient (Wildman–Crippen LogP) is 4.65. The molecule has 0 aliphatic rings. The molecular weight excluding hydrogens is 361 g/mol. The first-order chi connectivity index (χ1) is 9.58. The van der Waals surface area contributed by atoms with Gasteiger partial charge >= 0.3 is 0 Å². The molecule has 0 saturated heterocycles. The van der Waals surface area contributed by atoms with E-state index in [1.165, 1.54) is 20.4 Å². The number of hydrogen-bond acceptors (Lipinski definition) is 2. The summed E-state index contributed by atoms with van der Waals surface area (Å²) in [6.45, 7) is 4.35. The van der Waals surface area contributed by atoms with Gasteiger partial charge in [-0.1, -0.05) is 12.1 Å². The minimum Gasteiger partial charge on any atom is -0.497 e. The Morgan fingerprint density at radius 2 is 1.85 bits per heavy atom. The highest BCUT2D eigenvalue weighted by Crippen LogP contribution is 2.20. The van der Waals surface area contributed by atoms with E-state index in [0.29, 0.717) is 6.04 Å². The Morgan fingerprint density at radius 3 is 2.45 bits per heavy atom. The lowest BCUT2D eigenvalue weighted by Gasteiger charge is -2.17. The van der Waals surface area contributed by atoms with Crippen LogP contribution in [0.15, 0.2) is 42.5 Å². The summed E-state index contributed by atoms with van der Waals surface area (Å²) in [5, 5.41) is 3.58. The monoisotopic (exact) mass is 381 g/mol. The molecule has 0 saturated carbocycles. The number of halogens is 1. The van der Waals surface area contributed by atoms with Gasteiger partial charge in [0.1, 0.15) is 5.75 Å². The molecule has 2 aromatic rings. The Labute approximate surface area is 134 Å². The third kappa shape index (κ3) is 4.13. The molecule has 1 N–H and O–H groups in total. The SMILES string of the molecule is COc1ccc(CC(C)Nc2ccc(I)cc2C)cc1. The zero-order chi connectivity index (χ0) is 14.5. The van der Waals surface area contributed by atoms with Gasteiger partial charge in [-0.2, -0.15) is 0 Å². The van der Waals surface area contributed by atoms with Gasteiger partial charge in [0.05, 0.1) is 7.11 Å². The first-order valence-electron chi connectivity index (χ1n) is 6.74. The first-order valence-corrected chi connectivity index (χ1v) is 7.82. The third-order valence-corrected chi connectivity index (χ3v) is 3.96. The highest BCUT2D eigenvalue weighted by atomic mass is 127. The molecule has 0 radical (unpaired) electrons. The van der Waals surface area contributed by atoms with Crippen LogP contribution < -0.4 is 10.1 Å². The number of nitrogens with one attached hydrogen (secondary N) is 1. The Kier molecular flexibility index (Phi) is 5.29. The standard InChI is InChI=1S/C17H20INO/c1-12-10-15(18)6-9-17(12)19-13(2)11-14-4-7-16(20-3)8-5-14/h4-10,13,19H,11H2,1-3H3. The van der Waals surface area contributed by atoms with E-state index in [2.05, 4.69) is 72.1 Å². The zero-order valence-corrected chi connectivity index (χ0v) is 14.3. The number of methoxy groups -OCH3 is 1. The largest absolute Gasteiger partial charge is 0.497 e. The van der Waals surface area contributed by atoms with E-state index in [-0.39, 0.29) is 0 Å². The van der Waals surface area contributed by atoms with Crippen LogP contribution >= 0.6 is 22.6 Å². The predicted molar refractivity (Wildman–Crippen MR) is 93.7 cm³/mol. The van der Waals surface area contributed by atoms with Crippen molar-refractivity contribution in [2.75, 3.05) is 12.4 Å². The molecule has 0 aliphatic heterocycles. The van der Waals surface area contributed by atoms with E-state index in [1.54, 1.807) is 7.11 Å². The number of hydrogen-bond donors (Lipinski definition) is 1. The van der Waals surface area contributed by atoms with E-state index in [1.807, 2.05) is 12.1 Å². The minimum atomic E-state index is 0.391. The molecule has 0 aliphatic carbocycles. The fraction of sp³-hybridized carbons (Fsp3) is 0.294. The molecule has 0 fully saturated rings. The Hall–Kier alpha value is -1.23. The lowest BCUT2D eigenvalue weighted by molar-refractivity contribution is 0.414. The highest BCUT2D eigenvalue weighted by molar-refractivity contribution is 14.1. The van der Waals surface area contributed by atoms with Gasteiger partial charge in [0, 0.05) is 15.3 Å². The van der Waals surface area contributed by atoms with Crippen molar-refractivity contribution in [3.05, 3.63) is 57.2 Å². The topological polar surface area (TPSA) is 21.3 Å². The second-order valence-corrected chi connectivity index (χ2v) is 6.30. The molecule has 2 nitrogen and oxygen atoms in total. The van der Waals surface area contributed by atoms with Gasteiger partial charge in [-0.05, 0) is 84.3 Å². The van der Waals surface area contributed by atoms with Gasteiger partial charge in [-0.3, -0.25) is 0 Å². The average Bonchev–Trinajstić information content (AvgIpc) is 2.43. The second kappa shape index (κ2) is 6.97. The molecule has 0 spiro atoms. The summed E-state index contributed by atoms with van der Waals surface area (Å²) in [6.07, 6.45) is 0.995. The summed E-state index contributed by atoms with van der Waals surface area (Å²) in [5.74, 6) is 0.905. The normalized spacial score (nSPS) is 12.0. The van der Waals surface area contributed by atoms with Crippen molar-refractivity contribution >= 4 is 28.3 Å². The second-order valence-electron chi connectivity index (χ2n) is 5.06.